The first-order valence-corrected chi connectivity index (χ1v) is 4.66. The van der Waals surface area contributed by atoms with E-state index in [1.807, 2.05) is 0 Å². The summed E-state index contributed by atoms with van der Waals surface area (Å²) in [6.45, 7) is -0.541. The fourth-order valence-corrected chi connectivity index (χ4v) is 1.32. The van der Waals surface area contributed by atoms with Crippen molar-refractivity contribution in [3.63, 3.8) is 0 Å². The average Bonchev–Trinajstić information content (AvgIpc) is 2.25. The first kappa shape index (κ1) is 15.1. The van der Waals surface area contributed by atoms with Crippen molar-refractivity contribution in [3.8, 4) is 5.75 Å². The Hall–Kier alpha value is -1.97. The summed E-state index contributed by atoms with van der Waals surface area (Å²) in [5, 5.41) is 8.65. The molecular weight excluding hydrogens is 279 g/mol. The minimum absolute atomic E-state index is 0.431. The summed E-state index contributed by atoms with van der Waals surface area (Å²) in [4.78, 5) is 13.8. The van der Waals surface area contributed by atoms with E-state index in [9.17, 15) is 26.7 Å². The highest BCUT2D eigenvalue weighted by Crippen LogP contribution is 2.37. The van der Waals surface area contributed by atoms with Gasteiger partial charge in [-0.05, 0) is 5.56 Å². The van der Waals surface area contributed by atoms with Crippen LogP contribution >= 0.6 is 0 Å². The van der Waals surface area contributed by atoms with Crippen LogP contribution in [0.1, 0.15) is 28.0 Å². The summed E-state index contributed by atoms with van der Waals surface area (Å²) in [5.74, 6) is -3.47. The Morgan fingerprint density at radius 1 is 1.47 bits per heavy atom. The Bertz CT molecular complexity index is 489. The number of hydrogen-bond acceptors (Lipinski definition) is 4. The van der Waals surface area contributed by atoms with Gasteiger partial charge in [0.2, 0.25) is 0 Å². The van der Waals surface area contributed by atoms with Crippen LogP contribution in [0, 0.1) is 0 Å². The van der Waals surface area contributed by atoms with Crippen LogP contribution in [0.2, 0.25) is 0 Å². The molecule has 19 heavy (non-hydrogen) atoms. The molecule has 1 heterocycles. The quantitative estimate of drug-likeness (QED) is 0.828. The Kier molecular flexibility index (Phi) is 4.24. The lowest BCUT2D eigenvalue weighted by atomic mass is 10.1. The molecule has 0 unspecified atom stereocenters. The highest BCUT2D eigenvalue weighted by atomic mass is 19.4. The van der Waals surface area contributed by atoms with Gasteiger partial charge in [0, 0.05) is 12.7 Å². The second-order valence-corrected chi connectivity index (χ2v) is 3.23. The summed E-state index contributed by atoms with van der Waals surface area (Å²) in [6, 6.07) is 0. The van der Waals surface area contributed by atoms with Crippen LogP contribution in [0.5, 0.6) is 5.75 Å². The number of hydrogen-bond donors (Lipinski definition) is 2. The van der Waals surface area contributed by atoms with Gasteiger partial charge in [0.25, 0.3) is 6.43 Å². The van der Waals surface area contributed by atoms with Crippen molar-refractivity contribution in [1.29, 1.82) is 0 Å². The summed E-state index contributed by atoms with van der Waals surface area (Å²) >= 11 is 0. The molecule has 1 aromatic rings. The van der Waals surface area contributed by atoms with Gasteiger partial charge in [-0.25, -0.2) is 18.6 Å². The molecule has 106 valence electrons. The topological polar surface area (TPSA) is 85.4 Å². The van der Waals surface area contributed by atoms with Gasteiger partial charge in [-0.15, -0.1) is 13.2 Å². The minimum atomic E-state index is -5.33. The fraction of sp³-hybridized carbons (Fsp3) is 0.333. The number of nitrogens with zero attached hydrogens (tertiary/aromatic N) is 1. The summed E-state index contributed by atoms with van der Waals surface area (Å²) in [5.41, 5.74) is 2.17. The SMILES string of the molecule is NCc1cnc(C(=O)O)c(OC(F)(F)F)c1C(F)F. The van der Waals surface area contributed by atoms with E-state index in [1.165, 1.54) is 0 Å². The van der Waals surface area contributed by atoms with E-state index in [2.05, 4.69) is 9.72 Å². The summed E-state index contributed by atoms with van der Waals surface area (Å²) in [7, 11) is 0. The van der Waals surface area contributed by atoms with E-state index in [-0.39, 0.29) is 0 Å². The molecule has 0 saturated carbocycles. The zero-order valence-corrected chi connectivity index (χ0v) is 9.04. The van der Waals surface area contributed by atoms with E-state index < -0.39 is 47.9 Å². The van der Waals surface area contributed by atoms with Gasteiger partial charge >= 0.3 is 12.3 Å². The van der Waals surface area contributed by atoms with E-state index >= 15 is 0 Å². The number of carboxylic acid groups (broad SMARTS) is 1. The minimum Gasteiger partial charge on any atom is -0.476 e. The van der Waals surface area contributed by atoms with Gasteiger partial charge in [-0.3, -0.25) is 0 Å². The van der Waals surface area contributed by atoms with Crippen molar-refractivity contribution < 1.29 is 36.6 Å². The van der Waals surface area contributed by atoms with Crippen LogP contribution in [0.4, 0.5) is 22.0 Å². The molecule has 0 aromatic carbocycles. The molecule has 0 amide bonds. The van der Waals surface area contributed by atoms with Gasteiger partial charge < -0.3 is 15.6 Å². The van der Waals surface area contributed by atoms with Crippen LogP contribution in [0.15, 0.2) is 6.20 Å². The molecule has 5 nitrogen and oxygen atoms in total. The van der Waals surface area contributed by atoms with Gasteiger partial charge in [0.15, 0.2) is 11.4 Å². The van der Waals surface area contributed by atoms with Gasteiger partial charge in [0.1, 0.15) is 0 Å². The molecule has 3 N–H and O–H groups in total. The normalized spacial score (nSPS) is 11.7. The second-order valence-electron chi connectivity index (χ2n) is 3.23. The number of nitrogens with two attached hydrogens (primary N) is 1. The van der Waals surface area contributed by atoms with Crippen molar-refractivity contribution in [1.82, 2.24) is 4.98 Å². The lowest BCUT2D eigenvalue weighted by molar-refractivity contribution is -0.275. The van der Waals surface area contributed by atoms with E-state index in [4.69, 9.17) is 10.8 Å². The monoisotopic (exact) mass is 286 g/mol. The maximum atomic E-state index is 12.8. The van der Waals surface area contributed by atoms with Crippen molar-refractivity contribution >= 4 is 5.97 Å². The third-order valence-corrected chi connectivity index (χ3v) is 2.01. The highest BCUT2D eigenvalue weighted by molar-refractivity contribution is 5.89. The molecule has 0 aliphatic rings. The van der Waals surface area contributed by atoms with E-state index in [1.54, 1.807) is 0 Å². The number of alkyl halides is 5. The lowest BCUT2D eigenvalue weighted by Crippen LogP contribution is -2.22. The first-order chi connectivity index (χ1) is 8.67. The molecule has 0 fully saturated rings. The molecule has 0 aliphatic carbocycles. The average molecular weight is 286 g/mol. The molecule has 0 aliphatic heterocycles. The van der Waals surface area contributed by atoms with Crippen LogP contribution < -0.4 is 10.5 Å². The first-order valence-electron chi connectivity index (χ1n) is 4.66. The Morgan fingerprint density at radius 3 is 2.42 bits per heavy atom. The molecule has 1 rings (SSSR count). The number of carbonyl (C=O) groups is 1. The molecule has 1 aromatic heterocycles. The molecule has 10 heteroatoms. The second kappa shape index (κ2) is 5.34. The zero-order chi connectivity index (χ0) is 14.8. The number of aromatic carboxylic acids is 1. The third kappa shape index (κ3) is 3.50. The predicted octanol–water partition coefficient (Wildman–Crippen LogP) is 2.07. The van der Waals surface area contributed by atoms with Crippen LogP contribution in [0.25, 0.3) is 0 Å². The number of rotatable bonds is 4. The lowest BCUT2D eigenvalue weighted by Gasteiger charge is -2.16. The van der Waals surface area contributed by atoms with Crippen LogP contribution in [0.3, 0.4) is 0 Å². The largest absolute Gasteiger partial charge is 0.573 e. The van der Waals surface area contributed by atoms with Crippen molar-refractivity contribution in [2.75, 3.05) is 0 Å². The Morgan fingerprint density at radius 2 is 2.05 bits per heavy atom. The number of aromatic nitrogens is 1. The maximum Gasteiger partial charge on any atom is 0.573 e. The molecule has 0 atom stereocenters. The number of ether oxygens (including phenoxy) is 1. The molecule has 0 bridgehead atoms. The van der Waals surface area contributed by atoms with Crippen molar-refractivity contribution in [3.05, 3.63) is 23.0 Å². The number of halogens is 5. The summed E-state index contributed by atoms with van der Waals surface area (Å²) in [6.07, 6.45) is -8.05. The highest BCUT2D eigenvalue weighted by Gasteiger charge is 2.37. The molecule has 0 saturated heterocycles. The molecular formula is C9H7F5N2O3. The fourth-order valence-electron chi connectivity index (χ4n) is 1.32. The van der Waals surface area contributed by atoms with Crippen LogP contribution in [-0.2, 0) is 6.54 Å². The smallest absolute Gasteiger partial charge is 0.476 e. The molecule has 0 spiro atoms. The van der Waals surface area contributed by atoms with Gasteiger partial charge in [-0.1, -0.05) is 0 Å². The van der Waals surface area contributed by atoms with E-state index in [0.717, 1.165) is 0 Å². The third-order valence-electron chi connectivity index (χ3n) is 2.01. The Labute approximate surface area is 102 Å². The van der Waals surface area contributed by atoms with Crippen molar-refractivity contribution in [2.45, 2.75) is 19.3 Å². The summed E-state index contributed by atoms with van der Waals surface area (Å²) < 4.78 is 65.3. The standard InChI is InChI=1S/C9H7F5N2O3/c10-7(11)4-3(1-15)2-16-5(8(17)18)6(4)19-9(12,13)14/h2,7H,1,15H2,(H,17,18). The van der Waals surface area contributed by atoms with E-state index in [0.29, 0.717) is 6.20 Å². The zero-order valence-electron chi connectivity index (χ0n) is 9.04. The Balaban J connectivity index is 3.53. The maximum absolute atomic E-state index is 12.8. The predicted molar refractivity (Wildman–Crippen MR) is 50.7 cm³/mol. The van der Waals surface area contributed by atoms with Gasteiger partial charge in [-0.2, -0.15) is 0 Å². The van der Waals surface area contributed by atoms with Crippen molar-refractivity contribution in [2.24, 2.45) is 5.73 Å². The molecule has 0 radical (unpaired) electrons. The van der Waals surface area contributed by atoms with Gasteiger partial charge in [0.05, 0.1) is 5.56 Å². The number of carboxylic acids is 1. The number of pyridine rings is 1. The van der Waals surface area contributed by atoms with Crippen LogP contribution in [-0.4, -0.2) is 22.4 Å².